The Hall–Kier alpha value is -3.18. The third kappa shape index (κ3) is 2.72. The number of nitrogens with zero attached hydrogens (tertiary/aromatic N) is 3. The summed E-state index contributed by atoms with van der Waals surface area (Å²) in [7, 11) is 0. The molecule has 0 unspecified atom stereocenters. The van der Waals surface area contributed by atoms with Crippen molar-refractivity contribution in [1.82, 2.24) is 14.2 Å². The van der Waals surface area contributed by atoms with E-state index in [1.54, 1.807) is 11.5 Å². The summed E-state index contributed by atoms with van der Waals surface area (Å²) in [5.41, 5.74) is 4.11. The maximum absolute atomic E-state index is 5.85. The molecule has 2 aliphatic rings. The Morgan fingerprint density at radius 3 is 2.46 bits per heavy atom. The van der Waals surface area contributed by atoms with E-state index in [1.165, 1.54) is 0 Å². The Kier molecular flexibility index (Phi) is 3.65. The topological polar surface area (TPSA) is 39.9 Å². The van der Waals surface area contributed by atoms with E-state index >= 15 is 0 Å². The standard InChI is InChI=1S/C21H15N3OS/c1-2-6-15(7-3-1)14-25-17-12-10-16(11-13-17)24-23-20-18-8-4-5-9-19(18)22-21(20)26-24/h1-13H,14H2. The first-order chi connectivity index (χ1) is 12.9. The number of para-hydroxylation sites is 1. The van der Waals surface area contributed by atoms with E-state index in [0.29, 0.717) is 6.61 Å². The monoisotopic (exact) mass is 357 g/mol. The van der Waals surface area contributed by atoms with Gasteiger partial charge in [-0.15, -0.1) is 0 Å². The highest BCUT2D eigenvalue weighted by molar-refractivity contribution is 7.10. The average molecular weight is 357 g/mol. The smallest absolute Gasteiger partial charge is 0.163 e. The van der Waals surface area contributed by atoms with Gasteiger partial charge in [-0.1, -0.05) is 48.5 Å². The van der Waals surface area contributed by atoms with Gasteiger partial charge in [0.05, 0.1) is 11.2 Å². The van der Waals surface area contributed by atoms with Crippen LogP contribution in [0.5, 0.6) is 5.75 Å². The lowest BCUT2D eigenvalue weighted by Gasteiger charge is -2.07. The second-order valence-corrected chi connectivity index (χ2v) is 6.93. The highest BCUT2D eigenvalue weighted by Gasteiger charge is 2.17. The Balaban J connectivity index is 1.38. The van der Waals surface area contributed by atoms with E-state index in [0.717, 1.165) is 38.6 Å². The molecule has 26 heavy (non-hydrogen) atoms. The maximum atomic E-state index is 5.85. The lowest BCUT2D eigenvalue weighted by Crippen LogP contribution is -1.96. The van der Waals surface area contributed by atoms with Gasteiger partial charge in [-0.3, -0.25) is 0 Å². The van der Waals surface area contributed by atoms with Crippen LogP contribution >= 0.6 is 11.5 Å². The third-order valence-corrected chi connectivity index (χ3v) is 5.18. The Labute approximate surface area is 154 Å². The molecule has 0 radical (unpaired) electrons. The van der Waals surface area contributed by atoms with Gasteiger partial charge >= 0.3 is 0 Å². The number of fused-ring (bicyclic) bond motifs is 3. The van der Waals surface area contributed by atoms with Crippen molar-refractivity contribution in [2.75, 3.05) is 0 Å². The van der Waals surface area contributed by atoms with Crippen LogP contribution in [0.3, 0.4) is 0 Å². The number of rotatable bonds is 4. The van der Waals surface area contributed by atoms with Crippen LogP contribution in [0.2, 0.25) is 0 Å². The first-order valence-corrected chi connectivity index (χ1v) is 9.16. The van der Waals surface area contributed by atoms with Crippen LogP contribution in [0.4, 0.5) is 0 Å². The average Bonchev–Trinajstić information content (AvgIpc) is 3.26. The summed E-state index contributed by atoms with van der Waals surface area (Å²) in [6, 6.07) is 26.3. The SMILES string of the molecule is c1ccc(COc2ccc(-n3nc4c5ccccc5nc-4s3)cc2)cc1. The van der Waals surface area contributed by atoms with E-state index in [4.69, 9.17) is 9.84 Å². The molecule has 0 N–H and O–H groups in total. The van der Waals surface area contributed by atoms with E-state index < -0.39 is 0 Å². The second kappa shape index (κ2) is 6.28. The molecule has 0 aliphatic carbocycles. The molecule has 0 saturated heterocycles. The normalized spacial score (nSPS) is 11.2. The van der Waals surface area contributed by atoms with Crippen LogP contribution in [0, 0.1) is 0 Å². The minimum Gasteiger partial charge on any atom is -0.489 e. The molecule has 0 atom stereocenters. The van der Waals surface area contributed by atoms with Gasteiger partial charge in [-0.25, -0.2) is 4.98 Å². The van der Waals surface area contributed by atoms with Crippen LogP contribution < -0.4 is 4.74 Å². The molecule has 0 amide bonds. The third-order valence-electron chi connectivity index (χ3n) is 4.25. The van der Waals surface area contributed by atoms with E-state index in [1.807, 2.05) is 64.7 Å². The van der Waals surface area contributed by atoms with Crippen LogP contribution in [0.25, 0.3) is 27.3 Å². The first-order valence-electron chi connectivity index (χ1n) is 8.39. The maximum Gasteiger partial charge on any atom is 0.163 e. The summed E-state index contributed by atoms with van der Waals surface area (Å²) in [5, 5.41) is 6.78. The predicted octanol–water partition coefficient (Wildman–Crippen LogP) is 5.17. The minimum absolute atomic E-state index is 0.564. The van der Waals surface area contributed by atoms with Gasteiger partial charge in [0.2, 0.25) is 0 Å². The van der Waals surface area contributed by atoms with Crippen molar-refractivity contribution in [3.05, 3.63) is 84.4 Å². The van der Waals surface area contributed by atoms with Gasteiger partial charge in [0, 0.05) is 5.39 Å². The van der Waals surface area contributed by atoms with Crippen molar-refractivity contribution in [3.8, 4) is 22.1 Å². The lowest BCUT2D eigenvalue weighted by molar-refractivity contribution is 0.306. The fourth-order valence-electron chi connectivity index (χ4n) is 2.92. The van der Waals surface area contributed by atoms with Gasteiger partial charge in [0.1, 0.15) is 18.1 Å². The Morgan fingerprint density at radius 2 is 1.62 bits per heavy atom. The quantitative estimate of drug-likeness (QED) is 0.446. The Bertz CT molecular complexity index is 1130. The van der Waals surface area contributed by atoms with Crippen LogP contribution in [-0.4, -0.2) is 14.2 Å². The number of aromatic nitrogens is 3. The molecule has 2 heterocycles. The van der Waals surface area contributed by atoms with Crippen molar-refractivity contribution in [2.45, 2.75) is 6.61 Å². The van der Waals surface area contributed by atoms with Gasteiger partial charge < -0.3 is 4.74 Å². The van der Waals surface area contributed by atoms with Crippen molar-refractivity contribution >= 4 is 22.4 Å². The molecule has 0 spiro atoms. The van der Waals surface area contributed by atoms with Crippen LogP contribution in [-0.2, 0) is 6.61 Å². The van der Waals surface area contributed by atoms with Crippen molar-refractivity contribution < 1.29 is 4.74 Å². The number of hydrogen-bond donors (Lipinski definition) is 0. The summed E-state index contributed by atoms with van der Waals surface area (Å²) in [6.45, 7) is 0.564. The summed E-state index contributed by atoms with van der Waals surface area (Å²) in [4.78, 5) is 4.65. The Morgan fingerprint density at radius 1 is 0.846 bits per heavy atom. The van der Waals surface area contributed by atoms with Crippen molar-refractivity contribution in [2.24, 2.45) is 0 Å². The zero-order chi connectivity index (χ0) is 17.3. The summed E-state index contributed by atoms with van der Waals surface area (Å²) < 4.78 is 7.75. The van der Waals surface area contributed by atoms with Crippen LogP contribution in [0.15, 0.2) is 78.9 Å². The fraction of sp³-hybridized carbons (Fsp3) is 0.0476. The van der Waals surface area contributed by atoms with Crippen LogP contribution in [0.1, 0.15) is 5.56 Å². The molecule has 0 aromatic heterocycles. The minimum atomic E-state index is 0.564. The predicted molar refractivity (Wildman–Crippen MR) is 104 cm³/mol. The molecule has 4 nitrogen and oxygen atoms in total. The summed E-state index contributed by atoms with van der Waals surface area (Å²) >= 11 is 1.55. The second-order valence-electron chi connectivity index (χ2n) is 6.02. The summed E-state index contributed by atoms with van der Waals surface area (Å²) in [6.07, 6.45) is 0. The highest BCUT2D eigenvalue weighted by atomic mass is 32.1. The number of hydrogen-bond acceptors (Lipinski definition) is 4. The van der Waals surface area contributed by atoms with Crippen molar-refractivity contribution in [1.29, 1.82) is 0 Å². The number of benzene rings is 3. The zero-order valence-electron chi connectivity index (χ0n) is 13.9. The molecule has 3 aromatic carbocycles. The first kappa shape index (κ1) is 15.1. The molecular weight excluding hydrogens is 342 g/mol. The van der Waals surface area contributed by atoms with Gasteiger partial charge in [0.15, 0.2) is 5.01 Å². The molecule has 5 heteroatoms. The molecule has 2 aliphatic heterocycles. The van der Waals surface area contributed by atoms with E-state index in [-0.39, 0.29) is 0 Å². The van der Waals surface area contributed by atoms with Gasteiger partial charge in [-0.05, 0) is 47.4 Å². The molecule has 0 bridgehead atoms. The molecule has 126 valence electrons. The van der Waals surface area contributed by atoms with Gasteiger partial charge in [-0.2, -0.15) is 9.17 Å². The lowest BCUT2D eigenvalue weighted by atomic mass is 10.2. The van der Waals surface area contributed by atoms with Gasteiger partial charge in [0.25, 0.3) is 0 Å². The van der Waals surface area contributed by atoms with E-state index in [9.17, 15) is 0 Å². The molecule has 3 aromatic rings. The molecule has 5 rings (SSSR count). The molecular formula is C21H15N3OS. The number of ether oxygens (including phenoxy) is 1. The highest BCUT2D eigenvalue weighted by Crippen LogP contribution is 2.34. The van der Waals surface area contributed by atoms with Crippen molar-refractivity contribution in [3.63, 3.8) is 0 Å². The zero-order valence-corrected chi connectivity index (χ0v) is 14.7. The van der Waals surface area contributed by atoms with E-state index in [2.05, 4.69) is 23.2 Å². The largest absolute Gasteiger partial charge is 0.489 e. The molecule has 0 fully saturated rings. The molecule has 0 saturated carbocycles. The fourth-order valence-corrected chi connectivity index (χ4v) is 3.81. The summed E-state index contributed by atoms with van der Waals surface area (Å²) in [5.74, 6) is 0.845.